The van der Waals surface area contributed by atoms with E-state index in [2.05, 4.69) is 13.8 Å². The second-order valence-electron chi connectivity index (χ2n) is 6.73. The lowest BCUT2D eigenvalue weighted by atomic mass is 9.74. The van der Waals surface area contributed by atoms with E-state index in [1.54, 1.807) is 0 Å². The van der Waals surface area contributed by atoms with Gasteiger partial charge < -0.3 is 10.3 Å². The number of benzene rings is 1. The highest BCUT2D eigenvalue weighted by Crippen LogP contribution is 2.40. The van der Waals surface area contributed by atoms with Crippen LogP contribution in [0.2, 0.25) is 0 Å². The van der Waals surface area contributed by atoms with Crippen LogP contribution in [0, 0.1) is 17.0 Å². The summed E-state index contributed by atoms with van der Waals surface area (Å²) in [6.07, 6.45) is 3.77. The minimum atomic E-state index is -0.413. The third-order valence-electron chi connectivity index (χ3n) is 4.28. The molecule has 1 aromatic carbocycles. The lowest BCUT2D eigenvalue weighted by molar-refractivity contribution is 0.276. The zero-order valence-corrected chi connectivity index (χ0v) is 12.4. The minimum Gasteiger partial charge on any atom is -0.347 e. The van der Waals surface area contributed by atoms with Crippen molar-refractivity contribution in [3.8, 4) is 0 Å². The summed E-state index contributed by atoms with van der Waals surface area (Å²) >= 11 is 0. The van der Waals surface area contributed by atoms with Gasteiger partial charge in [0.25, 0.3) is 0 Å². The number of nitrogens with zero attached hydrogens (tertiary/aromatic N) is 1. The van der Waals surface area contributed by atoms with E-state index in [0.29, 0.717) is 12.1 Å². The maximum absolute atomic E-state index is 13.8. The lowest BCUT2D eigenvalue weighted by Crippen LogP contribution is -2.30. The van der Waals surface area contributed by atoms with Crippen LogP contribution in [0.4, 0.5) is 8.78 Å². The van der Waals surface area contributed by atoms with Crippen LogP contribution in [0.5, 0.6) is 0 Å². The van der Waals surface area contributed by atoms with E-state index >= 15 is 0 Å². The predicted molar refractivity (Wildman–Crippen MR) is 78.9 cm³/mol. The van der Waals surface area contributed by atoms with Gasteiger partial charge in [-0.05, 0) is 48.1 Å². The van der Waals surface area contributed by atoms with E-state index < -0.39 is 5.82 Å². The fourth-order valence-electron chi connectivity index (χ4n) is 3.29. The molecule has 1 aromatic heterocycles. The molecule has 1 aliphatic carbocycles. The van der Waals surface area contributed by atoms with Crippen molar-refractivity contribution in [3.63, 3.8) is 0 Å². The van der Waals surface area contributed by atoms with Gasteiger partial charge >= 0.3 is 0 Å². The molecule has 0 aliphatic heterocycles. The summed E-state index contributed by atoms with van der Waals surface area (Å²) < 4.78 is 29.1. The fraction of sp³-hybridized carbons (Fsp3) is 0.412. The fourth-order valence-corrected chi connectivity index (χ4v) is 3.29. The summed E-state index contributed by atoms with van der Waals surface area (Å²) in [4.78, 5) is 0. The number of aromatic nitrogens is 1. The van der Waals surface area contributed by atoms with Crippen LogP contribution in [-0.2, 0) is 13.0 Å². The van der Waals surface area contributed by atoms with E-state index in [-0.39, 0.29) is 17.3 Å². The Morgan fingerprint density at radius 3 is 2.81 bits per heavy atom. The molecular weight excluding hydrogens is 270 g/mol. The molecule has 1 aliphatic rings. The SMILES string of the molecule is CC1(C)Cc2c(ccn2Cc2cc(F)ccc2F)C(N)C1. The number of hydrogen-bond donors (Lipinski definition) is 1. The Hall–Kier alpha value is -1.68. The summed E-state index contributed by atoms with van der Waals surface area (Å²) in [6, 6.07) is 5.60. The van der Waals surface area contributed by atoms with E-state index in [1.165, 1.54) is 12.1 Å². The molecule has 1 unspecified atom stereocenters. The molecule has 0 fully saturated rings. The molecule has 0 radical (unpaired) electrons. The van der Waals surface area contributed by atoms with Crippen LogP contribution < -0.4 is 5.73 Å². The lowest BCUT2D eigenvalue weighted by Gasteiger charge is -2.34. The van der Waals surface area contributed by atoms with Crippen LogP contribution in [0.1, 0.15) is 43.1 Å². The smallest absolute Gasteiger partial charge is 0.128 e. The molecule has 2 nitrogen and oxygen atoms in total. The standard InChI is InChI=1S/C17H20F2N2/c1-17(2)8-15(20)13-5-6-21(16(13)9-17)10-11-7-12(18)3-4-14(11)19/h3-7,15H,8-10,20H2,1-2H3. The van der Waals surface area contributed by atoms with Crippen molar-refractivity contribution in [2.45, 2.75) is 39.3 Å². The average molecular weight is 290 g/mol. The maximum atomic E-state index is 13.8. The molecule has 1 atom stereocenters. The normalized spacial score (nSPS) is 20.3. The first kappa shape index (κ1) is 14.3. The summed E-state index contributed by atoms with van der Waals surface area (Å²) in [5.41, 5.74) is 9.00. The van der Waals surface area contributed by atoms with Gasteiger partial charge in [0.2, 0.25) is 0 Å². The monoisotopic (exact) mass is 290 g/mol. The zero-order valence-electron chi connectivity index (χ0n) is 12.4. The van der Waals surface area contributed by atoms with Crippen molar-refractivity contribution in [1.82, 2.24) is 4.57 Å². The van der Waals surface area contributed by atoms with Crippen LogP contribution >= 0.6 is 0 Å². The number of rotatable bonds is 2. The van der Waals surface area contributed by atoms with E-state index in [0.717, 1.165) is 30.2 Å². The largest absolute Gasteiger partial charge is 0.347 e. The molecule has 1 heterocycles. The second-order valence-corrected chi connectivity index (χ2v) is 6.73. The van der Waals surface area contributed by atoms with Crippen molar-refractivity contribution in [3.05, 3.63) is 58.9 Å². The quantitative estimate of drug-likeness (QED) is 0.896. The highest BCUT2D eigenvalue weighted by molar-refractivity contribution is 5.31. The van der Waals surface area contributed by atoms with Gasteiger partial charge in [0, 0.05) is 23.5 Å². The van der Waals surface area contributed by atoms with Crippen molar-refractivity contribution < 1.29 is 8.78 Å². The Balaban J connectivity index is 1.96. The van der Waals surface area contributed by atoms with Gasteiger partial charge in [0.05, 0.1) is 6.54 Å². The molecule has 0 spiro atoms. The molecule has 0 bridgehead atoms. The van der Waals surface area contributed by atoms with E-state index in [4.69, 9.17) is 5.73 Å². The highest BCUT2D eigenvalue weighted by atomic mass is 19.1. The maximum Gasteiger partial charge on any atom is 0.128 e. The molecule has 0 saturated heterocycles. The molecule has 0 amide bonds. The Morgan fingerprint density at radius 2 is 2.05 bits per heavy atom. The van der Waals surface area contributed by atoms with Gasteiger partial charge in [-0.25, -0.2) is 8.78 Å². The Kier molecular flexibility index (Phi) is 3.36. The van der Waals surface area contributed by atoms with Gasteiger partial charge in [-0.2, -0.15) is 0 Å². The molecule has 2 N–H and O–H groups in total. The minimum absolute atomic E-state index is 0.0161. The van der Waals surface area contributed by atoms with Gasteiger partial charge in [0.1, 0.15) is 11.6 Å². The molecule has 2 aromatic rings. The van der Waals surface area contributed by atoms with Gasteiger partial charge in [-0.15, -0.1) is 0 Å². The summed E-state index contributed by atoms with van der Waals surface area (Å²) in [5.74, 6) is -0.789. The van der Waals surface area contributed by atoms with Crippen LogP contribution in [0.3, 0.4) is 0 Å². The molecule has 112 valence electrons. The van der Waals surface area contributed by atoms with Crippen LogP contribution in [-0.4, -0.2) is 4.57 Å². The number of fused-ring (bicyclic) bond motifs is 1. The van der Waals surface area contributed by atoms with Crippen molar-refractivity contribution in [1.29, 1.82) is 0 Å². The first-order valence-electron chi connectivity index (χ1n) is 7.23. The van der Waals surface area contributed by atoms with Gasteiger partial charge in [-0.3, -0.25) is 0 Å². The predicted octanol–water partition coefficient (Wildman–Crippen LogP) is 3.79. The first-order valence-corrected chi connectivity index (χ1v) is 7.23. The zero-order chi connectivity index (χ0) is 15.2. The van der Waals surface area contributed by atoms with Crippen molar-refractivity contribution in [2.75, 3.05) is 0 Å². The van der Waals surface area contributed by atoms with Crippen LogP contribution in [0.25, 0.3) is 0 Å². The summed E-state index contributed by atoms with van der Waals surface area (Å²) in [7, 11) is 0. The van der Waals surface area contributed by atoms with Gasteiger partial charge in [-0.1, -0.05) is 13.8 Å². The number of hydrogen-bond acceptors (Lipinski definition) is 1. The first-order chi connectivity index (χ1) is 9.85. The average Bonchev–Trinajstić information content (AvgIpc) is 2.76. The topological polar surface area (TPSA) is 30.9 Å². The number of halogens is 2. The molecule has 4 heteroatoms. The number of nitrogens with two attached hydrogens (primary N) is 1. The Labute approximate surface area is 123 Å². The molecule has 0 saturated carbocycles. The molecule has 3 rings (SSSR count). The van der Waals surface area contributed by atoms with Gasteiger partial charge in [0.15, 0.2) is 0 Å². The third kappa shape index (κ3) is 2.72. The van der Waals surface area contributed by atoms with E-state index in [1.807, 2.05) is 16.8 Å². The van der Waals surface area contributed by atoms with E-state index in [9.17, 15) is 8.78 Å². The Bertz CT molecular complexity index is 673. The summed E-state index contributed by atoms with van der Waals surface area (Å²) in [5, 5.41) is 0. The second kappa shape index (κ2) is 4.95. The van der Waals surface area contributed by atoms with Crippen LogP contribution in [0.15, 0.2) is 30.5 Å². The van der Waals surface area contributed by atoms with Crippen molar-refractivity contribution in [2.24, 2.45) is 11.1 Å². The summed E-state index contributed by atoms with van der Waals surface area (Å²) in [6.45, 7) is 4.72. The third-order valence-corrected chi connectivity index (χ3v) is 4.28. The molecule has 21 heavy (non-hydrogen) atoms. The molecular formula is C17H20F2N2. The van der Waals surface area contributed by atoms with Crippen molar-refractivity contribution >= 4 is 0 Å². The Morgan fingerprint density at radius 1 is 1.29 bits per heavy atom. The highest BCUT2D eigenvalue weighted by Gasteiger charge is 2.32.